The van der Waals surface area contributed by atoms with Gasteiger partial charge in [-0.25, -0.2) is 14.4 Å². The van der Waals surface area contributed by atoms with E-state index in [2.05, 4.69) is 20.6 Å². The fraction of sp³-hybridized carbons (Fsp3) is 0.211. The van der Waals surface area contributed by atoms with Gasteiger partial charge in [0.2, 0.25) is 0 Å². The van der Waals surface area contributed by atoms with Gasteiger partial charge >= 0.3 is 0 Å². The number of amides is 1. The molecule has 0 aliphatic carbocycles. The van der Waals surface area contributed by atoms with Crippen LogP contribution in [0.5, 0.6) is 5.75 Å². The molecule has 0 saturated carbocycles. The van der Waals surface area contributed by atoms with Gasteiger partial charge < -0.3 is 19.9 Å². The number of ether oxygens (including phenoxy) is 1. The molecule has 3 aromatic rings. The van der Waals surface area contributed by atoms with E-state index in [0.717, 1.165) is 5.82 Å². The predicted octanol–water partition coefficient (Wildman–Crippen LogP) is 2.40. The third-order valence-electron chi connectivity index (χ3n) is 3.76. The second-order valence-corrected chi connectivity index (χ2v) is 5.76. The summed E-state index contributed by atoms with van der Waals surface area (Å²) in [5.41, 5.74) is 0. The largest absolute Gasteiger partial charge is 0.478 e. The number of aromatic nitrogens is 3. The molecule has 0 aliphatic rings. The summed E-state index contributed by atoms with van der Waals surface area (Å²) in [5, 5.41) is 5.86. The second kappa shape index (κ2) is 8.79. The van der Waals surface area contributed by atoms with Crippen LogP contribution >= 0.6 is 0 Å². The zero-order valence-electron chi connectivity index (χ0n) is 14.8. The highest BCUT2D eigenvalue weighted by Gasteiger charge is 2.15. The number of nitrogens with zero attached hydrogens (tertiary/aromatic N) is 3. The van der Waals surface area contributed by atoms with Crippen LogP contribution in [0.2, 0.25) is 0 Å². The Bertz CT molecular complexity index is 885. The molecule has 1 aromatic carbocycles. The van der Waals surface area contributed by atoms with E-state index >= 15 is 0 Å². The third-order valence-corrected chi connectivity index (χ3v) is 3.76. The van der Waals surface area contributed by atoms with Crippen LogP contribution in [0, 0.1) is 5.82 Å². The number of carbonyl (C=O) groups is 1. The van der Waals surface area contributed by atoms with E-state index in [1.807, 2.05) is 35.2 Å². The minimum Gasteiger partial charge on any atom is -0.478 e. The highest BCUT2D eigenvalue weighted by molar-refractivity contribution is 5.80. The molecule has 2 N–H and O–H groups in total. The molecule has 3 rings (SSSR count). The highest BCUT2D eigenvalue weighted by Crippen LogP contribution is 2.17. The van der Waals surface area contributed by atoms with Crippen LogP contribution in [0.4, 0.5) is 10.2 Å². The van der Waals surface area contributed by atoms with Gasteiger partial charge in [-0.2, -0.15) is 0 Å². The number of benzene rings is 1. The first-order chi connectivity index (χ1) is 13.1. The van der Waals surface area contributed by atoms with E-state index in [4.69, 9.17) is 4.74 Å². The van der Waals surface area contributed by atoms with Crippen LogP contribution in [-0.4, -0.2) is 39.6 Å². The molecular formula is C19H20FN5O2. The Morgan fingerprint density at radius 2 is 1.96 bits per heavy atom. The van der Waals surface area contributed by atoms with Crippen molar-refractivity contribution in [2.75, 3.05) is 18.4 Å². The number of hydrogen-bond donors (Lipinski definition) is 2. The molecule has 2 heterocycles. The number of para-hydroxylation sites is 1. The Morgan fingerprint density at radius 3 is 2.74 bits per heavy atom. The van der Waals surface area contributed by atoms with Crippen LogP contribution in [-0.2, 0) is 4.79 Å². The second-order valence-electron chi connectivity index (χ2n) is 5.76. The van der Waals surface area contributed by atoms with Crippen molar-refractivity contribution in [3.8, 4) is 11.6 Å². The Morgan fingerprint density at radius 1 is 1.19 bits per heavy atom. The van der Waals surface area contributed by atoms with E-state index < -0.39 is 11.9 Å². The number of halogens is 1. The summed E-state index contributed by atoms with van der Waals surface area (Å²) in [5.74, 6) is 0.626. The molecule has 27 heavy (non-hydrogen) atoms. The Hall–Kier alpha value is -3.42. The van der Waals surface area contributed by atoms with E-state index in [9.17, 15) is 9.18 Å². The van der Waals surface area contributed by atoms with Crippen molar-refractivity contribution >= 4 is 11.7 Å². The van der Waals surface area contributed by atoms with Gasteiger partial charge in [0.05, 0.1) is 0 Å². The zero-order chi connectivity index (χ0) is 19.1. The number of anilines is 1. The first kappa shape index (κ1) is 18.4. The summed E-state index contributed by atoms with van der Waals surface area (Å²) in [6.07, 6.45) is 4.45. The predicted molar refractivity (Wildman–Crippen MR) is 99.3 cm³/mol. The van der Waals surface area contributed by atoms with Gasteiger partial charge in [0.25, 0.3) is 5.91 Å². The summed E-state index contributed by atoms with van der Waals surface area (Å²) in [6.45, 7) is 2.41. The normalized spacial score (nSPS) is 11.6. The minimum absolute atomic E-state index is 0.0526. The Kier molecular flexibility index (Phi) is 5.98. The maximum absolute atomic E-state index is 13.6. The molecule has 7 nitrogen and oxygen atoms in total. The van der Waals surface area contributed by atoms with Crippen molar-refractivity contribution in [3.05, 3.63) is 67.0 Å². The van der Waals surface area contributed by atoms with E-state index in [0.29, 0.717) is 18.9 Å². The van der Waals surface area contributed by atoms with Gasteiger partial charge in [-0.05, 0) is 31.2 Å². The molecule has 140 valence electrons. The molecule has 0 saturated heterocycles. The highest BCUT2D eigenvalue weighted by atomic mass is 19.1. The SMILES string of the molecule is CC(Oc1ccccc1F)C(=O)NCCNc1cc(-n2cccc2)ncn1. The molecule has 0 aliphatic heterocycles. The summed E-state index contributed by atoms with van der Waals surface area (Å²) in [6, 6.07) is 11.6. The summed E-state index contributed by atoms with van der Waals surface area (Å²) in [7, 11) is 0. The van der Waals surface area contributed by atoms with Crippen molar-refractivity contribution in [1.29, 1.82) is 0 Å². The molecule has 1 atom stereocenters. The van der Waals surface area contributed by atoms with E-state index in [1.165, 1.54) is 18.5 Å². The van der Waals surface area contributed by atoms with E-state index in [-0.39, 0.29) is 11.7 Å². The van der Waals surface area contributed by atoms with Gasteiger partial charge in [0.15, 0.2) is 17.7 Å². The average Bonchev–Trinajstić information content (AvgIpc) is 3.22. The van der Waals surface area contributed by atoms with Crippen molar-refractivity contribution in [2.45, 2.75) is 13.0 Å². The quantitative estimate of drug-likeness (QED) is 0.596. The van der Waals surface area contributed by atoms with Gasteiger partial charge in [0.1, 0.15) is 18.0 Å². The summed E-state index contributed by atoms with van der Waals surface area (Å²) >= 11 is 0. The molecule has 1 unspecified atom stereocenters. The Balaban J connectivity index is 1.44. The van der Waals surface area contributed by atoms with Crippen LogP contribution in [0.1, 0.15) is 6.92 Å². The lowest BCUT2D eigenvalue weighted by atomic mass is 10.3. The molecule has 0 radical (unpaired) electrons. The average molecular weight is 369 g/mol. The Labute approximate surface area is 156 Å². The van der Waals surface area contributed by atoms with Crippen LogP contribution in [0.25, 0.3) is 5.82 Å². The number of rotatable bonds is 8. The van der Waals surface area contributed by atoms with Crippen molar-refractivity contribution < 1.29 is 13.9 Å². The monoisotopic (exact) mass is 369 g/mol. The standard InChI is InChI=1S/C19H20FN5O2/c1-14(27-16-7-3-2-6-15(16)20)19(26)22-9-8-21-17-12-18(24-13-23-17)25-10-4-5-11-25/h2-7,10-14H,8-9H2,1H3,(H,22,26)(H,21,23,24). The molecule has 0 bridgehead atoms. The van der Waals surface area contributed by atoms with Crippen LogP contribution in [0.15, 0.2) is 61.2 Å². The minimum atomic E-state index is -0.804. The summed E-state index contributed by atoms with van der Waals surface area (Å²) in [4.78, 5) is 20.4. The molecule has 2 aromatic heterocycles. The molecule has 1 amide bonds. The number of hydrogen-bond acceptors (Lipinski definition) is 5. The maximum Gasteiger partial charge on any atom is 0.260 e. The fourth-order valence-electron chi connectivity index (χ4n) is 2.38. The van der Waals surface area contributed by atoms with Crippen molar-refractivity contribution in [3.63, 3.8) is 0 Å². The molecular weight excluding hydrogens is 349 g/mol. The van der Waals surface area contributed by atoms with Crippen molar-refractivity contribution in [1.82, 2.24) is 19.9 Å². The van der Waals surface area contributed by atoms with Gasteiger partial charge in [0, 0.05) is 31.5 Å². The van der Waals surface area contributed by atoms with Crippen LogP contribution < -0.4 is 15.4 Å². The van der Waals surface area contributed by atoms with Gasteiger partial charge in [-0.3, -0.25) is 4.79 Å². The maximum atomic E-state index is 13.6. The smallest absolute Gasteiger partial charge is 0.260 e. The number of carbonyl (C=O) groups excluding carboxylic acids is 1. The lowest BCUT2D eigenvalue weighted by molar-refractivity contribution is -0.127. The third kappa shape index (κ3) is 5.04. The molecule has 0 fully saturated rings. The van der Waals surface area contributed by atoms with Crippen molar-refractivity contribution in [2.24, 2.45) is 0 Å². The van der Waals surface area contributed by atoms with Gasteiger partial charge in [-0.15, -0.1) is 0 Å². The van der Waals surface area contributed by atoms with E-state index in [1.54, 1.807) is 19.1 Å². The van der Waals surface area contributed by atoms with Gasteiger partial charge in [-0.1, -0.05) is 12.1 Å². The molecule has 8 heteroatoms. The van der Waals surface area contributed by atoms with Crippen LogP contribution in [0.3, 0.4) is 0 Å². The summed E-state index contributed by atoms with van der Waals surface area (Å²) < 4.78 is 20.8. The fourth-order valence-corrected chi connectivity index (χ4v) is 2.38. The zero-order valence-corrected chi connectivity index (χ0v) is 14.8. The lowest BCUT2D eigenvalue weighted by Crippen LogP contribution is -2.38. The topological polar surface area (TPSA) is 81.1 Å². The lowest BCUT2D eigenvalue weighted by Gasteiger charge is -2.15. The molecule has 0 spiro atoms. The first-order valence-electron chi connectivity index (χ1n) is 8.51. The number of nitrogens with one attached hydrogen (secondary N) is 2. The first-order valence-corrected chi connectivity index (χ1v) is 8.51.